The standard InChI is InChI=1S/C19H12N4O3S2/c1-26-11-6-4-5-10(9-11)22-16-14(28-19(22)27)18(25)23-15(20-16)12-7-2-3-8-13(12)17(24)21-23/h2-9H,1H3,(H,21,24). The predicted molar refractivity (Wildman–Crippen MR) is 112 cm³/mol. The van der Waals surface area contributed by atoms with Crippen LogP contribution in [0.3, 0.4) is 0 Å². The molecule has 5 aromatic rings. The summed E-state index contributed by atoms with van der Waals surface area (Å²) in [4.78, 5) is 30.2. The zero-order valence-corrected chi connectivity index (χ0v) is 16.1. The summed E-state index contributed by atoms with van der Waals surface area (Å²) in [6.45, 7) is 0. The molecule has 3 heterocycles. The number of aromatic nitrogens is 4. The Hall–Kier alpha value is -3.30. The van der Waals surface area contributed by atoms with Crippen LogP contribution in [0, 0.1) is 3.95 Å². The average molecular weight is 408 g/mol. The van der Waals surface area contributed by atoms with Gasteiger partial charge in [0.15, 0.2) is 15.2 Å². The van der Waals surface area contributed by atoms with Crippen LogP contribution in [0.4, 0.5) is 0 Å². The van der Waals surface area contributed by atoms with Gasteiger partial charge in [0.25, 0.3) is 11.1 Å². The lowest BCUT2D eigenvalue weighted by atomic mass is 10.2. The fourth-order valence-electron chi connectivity index (χ4n) is 3.25. The normalized spacial score (nSPS) is 11.5. The maximum atomic E-state index is 13.1. The Morgan fingerprint density at radius 1 is 1.07 bits per heavy atom. The van der Waals surface area contributed by atoms with E-state index in [-0.39, 0.29) is 11.1 Å². The molecule has 0 aliphatic carbocycles. The molecule has 0 amide bonds. The molecular formula is C19H12N4O3S2. The Bertz CT molecular complexity index is 1580. The van der Waals surface area contributed by atoms with E-state index < -0.39 is 0 Å². The van der Waals surface area contributed by atoms with Gasteiger partial charge in [-0.1, -0.05) is 35.6 Å². The lowest BCUT2D eigenvalue weighted by Crippen LogP contribution is -2.24. The summed E-state index contributed by atoms with van der Waals surface area (Å²) in [5, 5.41) is 3.67. The minimum absolute atomic E-state index is 0.345. The quantitative estimate of drug-likeness (QED) is 0.358. The molecule has 0 unspecified atom stereocenters. The maximum absolute atomic E-state index is 13.1. The summed E-state index contributed by atoms with van der Waals surface area (Å²) in [6, 6.07) is 14.4. The van der Waals surface area contributed by atoms with E-state index in [2.05, 4.69) is 5.10 Å². The van der Waals surface area contributed by atoms with Crippen molar-refractivity contribution in [3.8, 4) is 11.4 Å². The first-order valence-corrected chi connectivity index (χ1v) is 9.55. The van der Waals surface area contributed by atoms with Crippen LogP contribution in [0.1, 0.15) is 0 Å². The first kappa shape index (κ1) is 16.8. The van der Waals surface area contributed by atoms with E-state index in [0.717, 1.165) is 17.0 Å². The molecule has 0 fully saturated rings. The largest absolute Gasteiger partial charge is 0.497 e. The summed E-state index contributed by atoms with van der Waals surface area (Å²) >= 11 is 6.67. The van der Waals surface area contributed by atoms with E-state index >= 15 is 0 Å². The van der Waals surface area contributed by atoms with Gasteiger partial charge < -0.3 is 4.74 Å². The van der Waals surface area contributed by atoms with Crippen molar-refractivity contribution in [2.75, 3.05) is 7.11 Å². The number of aromatic amines is 1. The van der Waals surface area contributed by atoms with Crippen molar-refractivity contribution in [2.24, 2.45) is 0 Å². The van der Waals surface area contributed by atoms with Crippen LogP contribution in [0.25, 0.3) is 32.5 Å². The third-order valence-electron chi connectivity index (χ3n) is 4.55. The number of hydrogen-bond donors (Lipinski definition) is 1. The number of benzene rings is 2. The van der Waals surface area contributed by atoms with Crippen molar-refractivity contribution < 1.29 is 4.74 Å². The van der Waals surface area contributed by atoms with E-state index in [0.29, 0.717) is 36.5 Å². The molecule has 0 spiro atoms. The highest BCUT2D eigenvalue weighted by atomic mass is 32.1. The second kappa shape index (κ2) is 6.11. The molecule has 5 rings (SSSR count). The molecule has 138 valence electrons. The van der Waals surface area contributed by atoms with Crippen LogP contribution in [-0.4, -0.2) is 26.3 Å². The molecule has 0 bridgehead atoms. The first-order valence-electron chi connectivity index (χ1n) is 8.32. The second-order valence-corrected chi connectivity index (χ2v) is 7.76. The lowest BCUT2D eigenvalue weighted by Gasteiger charge is -2.08. The summed E-state index contributed by atoms with van der Waals surface area (Å²) < 4.78 is 9.09. The monoisotopic (exact) mass is 408 g/mol. The minimum Gasteiger partial charge on any atom is -0.497 e. The number of nitrogens with zero attached hydrogens (tertiary/aromatic N) is 3. The van der Waals surface area contributed by atoms with Crippen LogP contribution >= 0.6 is 23.6 Å². The number of methoxy groups -OCH3 is 1. The van der Waals surface area contributed by atoms with Gasteiger partial charge in [-0.25, -0.2) is 4.98 Å². The van der Waals surface area contributed by atoms with E-state index in [1.165, 1.54) is 4.52 Å². The molecular weight excluding hydrogens is 396 g/mol. The third kappa shape index (κ3) is 2.33. The van der Waals surface area contributed by atoms with Crippen molar-refractivity contribution in [1.29, 1.82) is 0 Å². The molecule has 0 aliphatic rings. The molecule has 9 heteroatoms. The van der Waals surface area contributed by atoms with E-state index in [9.17, 15) is 9.59 Å². The predicted octanol–water partition coefficient (Wildman–Crippen LogP) is 3.28. The smallest absolute Gasteiger partial charge is 0.292 e. The Morgan fingerprint density at radius 3 is 2.64 bits per heavy atom. The van der Waals surface area contributed by atoms with Crippen molar-refractivity contribution in [3.05, 3.63) is 73.2 Å². The number of H-pyrrole nitrogens is 1. The Morgan fingerprint density at radius 2 is 1.86 bits per heavy atom. The fourth-order valence-corrected chi connectivity index (χ4v) is 4.56. The number of ether oxygens (including phenoxy) is 1. The van der Waals surface area contributed by atoms with Gasteiger partial charge in [-0.05, 0) is 30.4 Å². The zero-order chi connectivity index (χ0) is 19.4. The lowest BCUT2D eigenvalue weighted by molar-refractivity contribution is 0.414. The van der Waals surface area contributed by atoms with Crippen molar-refractivity contribution >= 4 is 50.3 Å². The van der Waals surface area contributed by atoms with Gasteiger partial charge in [0.2, 0.25) is 0 Å². The van der Waals surface area contributed by atoms with Crippen LogP contribution in [0.2, 0.25) is 0 Å². The van der Waals surface area contributed by atoms with Crippen molar-refractivity contribution in [2.45, 2.75) is 0 Å². The number of fused-ring (bicyclic) bond motifs is 4. The highest BCUT2D eigenvalue weighted by molar-refractivity contribution is 7.73. The molecule has 0 atom stereocenters. The van der Waals surface area contributed by atoms with Gasteiger partial charge >= 0.3 is 0 Å². The Labute approximate surface area is 166 Å². The zero-order valence-electron chi connectivity index (χ0n) is 14.5. The van der Waals surface area contributed by atoms with E-state index in [4.69, 9.17) is 21.9 Å². The van der Waals surface area contributed by atoms with Gasteiger partial charge in [0.05, 0.1) is 18.2 Å². The summed E-state index contributed by atoms with van der Waals surface area (Å²) in [6.07, 6.45) is 0. The fraction of sp³-hybridized carbons (Fsp3) is 0.0526. The third-order valence-corrected chi connectivity index (χ3v) is 5.90. The molecule has 0 saturated heterocycles. The summed E-state index contributed by atoms with van der Waals surface area (Å²) in [5.74, 6) is 0.672. The molecule has 28 heavy (non-hydrogen) atoms. The number of hydrogen-bond acceptors (Lipinski definition) is 6. The topological polar surface area (TPSA) is 81.4 Å². The summed E-state index contributed by atoms with van der Waals surface area (Å²) in [5.41, 5.74) is 0.867. The number of thiazole rings is 1. The molecule has 2 aromatic carbocycles. The van der Waals surface area contributed by atoms with Gasteiger partial charge in [0.1, 0.15) is 10.4 Å². The highest BCUT2D eigenvalue weighted by Gasteiger charge is 2.17. The Kier molecular flexibility index (Phi) is 3.68. The van der Waals surface area contributed by atoms with E-state index in [1.807, 2.05) is 24.3 Å². The second-order valence-electron chi connectivity index (χ2n) is 6.12. The van der Waals surface area contributed by atoms with Gasteiger partial charge in [-0.3, -0.25) is 19.3 Å². The van der Waals surface area contributed by atoms with Crippen LogP contribution in [-0.2, 0) is 0 Å². The van der Waals surface area contributed by atoms with Crippen molar-refractivity contribution in [1.82, 2.24) is 19.2 Å². The maximum Gasteiger partial charge on any atom is 0.292 e. The molecule has 1 N–H and O–H groups in total. The molecule has 0 radical (unpaired) electrons. The number of nitrogens with one attached hydrogen (secondary N) is 1. The first-order chi connectivity index (χ1) is 13.6. The number of rotatable bonds is 2. The van der Waals surface area contributed by atoms with E-state index in [1.54, 1.807) is 35.9 Å². The SMILES string of the molecule is COc1cccc(-n2c(=S)sc3c(=O)n4[nH]c(=O)c5ccccc5c4nc32)c1. The van der Waals surface area contributed by atoms with Crippen LogP contribution in [0.5, 0.6) is 5.75 Å². The highest BCUT2D eigenvalue weighted by Crippen LogP contribution is 2.26. The molecule has 7 nitrogen and oxygen atoms in total. The Balaban J connectivity index is 1.98. The molecule has 0 aliphatic heterocycles. The van der Waals surface area contributed by atoms with Gasteiger partial charge in [0, 0.05) is 11.5 Å². The van der Waals surface area contributed by atoms with Crippen LogP contribution in [0.15, 0.2) is 58.1 Å². The van der Waals surface area contributed by atoms with Crippen molar-refractivity contribution in [3.63, 3.8) is 0 Å². The van der Waals surface area contributed by atoms with Crippen LogP contribution < -0.4 is 15.9 Å². The summed E-state index contributed by atoms with van der Waals surface area (Å²) in [7, 11) is 1.59. The van der Waals surface area contributed by atoms with Gasteiger partial charge in [-0.2, -0.15) is 4.52 Å². The average Bonchev–Trinajstić information content (AvgIpc) is 3.05. The molecule has 0 saturated carbocycles. The molecule has 3 aromatic heterocycles. The van der Waals surface area contributed by atoms with Gasteiger partial charge in [-0.15, -0.1) is 0 Å². The minimum atomic E-state index is -0.361.